The molecule has 0 amide bonds. The van der Waals surface area contributed by atoms with Gasteiger partial charge in [-0.05, 0) is 18.2 Å². The first-order valence-electron chi connectivity index (χ1n) is 5.53. The van der Waals surface area contributed by atoms with E-state index in [1.54, 1.807) is 18.5 Å². The molecule has 0 aliphatic carbocycles. The monoisotopic (exact) mass is 262 g/mol. The zero-order valence-corrected chi connectivity index (χ0v) is 10.3. The second-order valence-electron chi connectivity index (χ2n) is 3.95. The second kappa shape index (κ2) is 4.34. The number of aromatic nitrogens is 3. The number of rotatable bonds is 3. The summed E-state index contributed by atoms with van der Waals surface area (Å²) in [5, 5.41) is 0.554. The van der Waals surface area contributed by atoms with E-state index < -0.39 is 0 Å². The zero-order valence-electron chi connectivity index (χ0n) is 9.51. The highest BCUT2D eigenvalue weighted by atomic mass is 35.5. The van der Waals surface area contributed by atoms with Crippen molar-refractivity contribution < 1.29 is 4.42 Å². The van der Waals surface area contributed by atoms with Gasteiger partial charge in [-0.25, -0.2) is 9.97 Å². The molecule has 5 nitrogen and oxygen atoms in total. The second-order valence-corrected chi connectivity index (χ2v) is 4.38. The van der Waals surface area contributed by atoms with Gasteiger partial charge >= 0.3 is 0 Å². The lowest BCUT2D eigenvalue weighted by Gasteiger charge is -2.03. The van der Waals surface area contributed by atoms with Crippen LogP contribution in [0.2, 0.25) is 5.02 Å². The van der Waals surface area contributed by atoms with Crippen LogP contribution in [0.1, 0.15) is 5.76 Å². The van der Waals surface area contributed by atoms with Crippen molar-refractivity contribution in [2.24, 2.45) is 0 Å². The van der Waals surface area contributed by atoms with Gasteiger partial charge < -0.3 is 10.2 Å². The molecule has 0 aliphatic heterocycles. The summed E-state index contributed by atoms with van der Waals surface area (Å²) in [6.45, 7) is 0.671. The summed E-state index contributed by atoms with van der Waals surface area (Å²) in [5.74, 6) is 1.34. The quantitative estimate of drug-likeness (QED) is 0.787. The molecule has 3 aromatic heterocycles. The van der Waals surface area contributed by atoms with Crippen molar-refractivity contribution in [1.29, 1.82) is 0 Å². The number of hydrogen-bond acceptors (Lipinski definition) is 4. The molecule has 3 heterocycles. The molecule has 3 rings (SSSR count). The molecule has 0 radical (unpaired) electrons. The Kier molecular flexibility index (Phi) is 2.68. The van der Waals surface area contributed by atoms with Crippen LogP contribution in [-0.4, -0.2) is 14.5 Å². The Morgan fingerprint density at radius 3 is 3.11 bits per heavy atom. The number of nitrogen functional groups attached to an aromatic ring is 1. The Morgan fingerprint density at radius 2 is 2.33 bits per heavy atom. The molecule has 0 fully saturated rings. The number of hydrogen-bond donors (Lipinski definition) is 1. The van der Waals surface area contributed by atoms with Gasteiger partial charge in [0.2, 0.25) is 5.95 Å². The number of aryl methyl sites for hydroxylation is 2. The van der Waals surface area contributed by atoms with Gasteiger partial charge in [-0.3, -0.25) is 4.57 Å². The van der Waals surface area contributed by atoms with Gasteiger partial charge in [0.15, 0.2) is 5.65 Å². The summed E-state index contributed by atoms with van der Waals surface area (Å²) in [7, 11) is 0. The number of anilines is 1. The maximum atomic E-state index is 5.88. The zero-order chi connectivity index (χ0) is 12.5. The highest BCUT2D eigenvalue weighted by Crippen LogP contribution is 2.19. The van der Waals surface area contributed by atoms with Crippen LogP contribution < -0.4 is 5.73 Å². The average Bonchev–Trinajstić information content (AvgIpc) is 2.93. The first-order valence-corrected chi connectivity index (χ1v) is 5.91. The number of pyridine rings is 1. The minimum atomic E-state index is 0.436. The van der Waals surface area contributed by atoms with Crippen molar-refractivity contribution in [1.82, 2.24) is 14.5 Å². The molecule has 0 aliphatic rings. The highest BCUT2D eigenvalue weighted by Gasteiger charge is 2.10. The number of nitrogens with zero attached hydrogens (tertiary/aromatic N) is 3. The van der Waals surface area contributed by atoms with Gasteiger partial charge in [-0.15, -0.1) is 0 Å². The molecule has 18 heavy (non-hydrogen) atoms. The number of furan rings is 1. The maximum Gasteiger partial charge on any atom is 0.202 e. The fraction of sp³-hybridized carbons (Fsp3) is 0.167. The third-order valence-corrected chi connectivity index (χ3v) is 2.95. The SMILES string of the molecule is Nc1nc2cc(Cl)cnc2n1CCc1ccco1. The first-order chi connectivity index (χ1) is 8.74. The Bertz CT molecular complexity index is 675. The van der Waals surface area contributed by atoms with E-state index in [0.717, 1.165) is 17.8 Å². The van der Waals surface area contributed by atoms with E-state index in [2.05, 4.69) is 9.97 Å². The van der Waals surface area contributed by atoms with E-state index in [9.17, 15) is 0 Å². The van der Waals surface area contributed by atoms with E-state index in [1.165, 1.54) is 0 Å². The fourth-order valence-electron chi connectivity index (χ4n) is 1.90. The molecular weight excluding hydrogens is 252 g/mol. The molecule has 3 aromatic rings. The minimum Gasteiger partial charge on any atom is -0.469 e. The van der Waals surface area contributed by atoms with Crippen molar-refractivity contribution in [3.8, 4) is 0 Å². The van der Waals surface area contributed by atoms with Crippen LogP contribution in [0.5, 0.6) is 0 Å². The molecule has 2 N–H and O–H groups in total. The van der Waals surface area contributed by atoms with Crippen LogP contribution in [0.4, 0.5) is 5.95 Å². The van der Waals surface area contributed by atoms with Crippen LogP contribution in [0.25, 0.3) is 11.2 Å². The van der Waals surface area contributed by atoms with Crippen molar-refractivity contribution in [2.45, 2.75) is 13.0 Å². The summed E-state index contributed by atoms with van der Waals surface area (Å²) in [4.78, 5) is 8.50. The van der Waals surface area contributed by atoms with Gasteiger partial charge in [0, 0.05) is 19.2 Å². The Morgan fingerprint density at radius 1 is 1.44 bits per heavy atom. The third kappa shape index (κ3) is 1.93. The van der Waals surface area contributed by atoms with Gasteiger partial charge in [0.1, 0.15) is 11.3 Å². The first kappa shape index (κ1) is 11.1. The molecule has 92 valence electrons. The van der Waals surface area contributed by atoms with Crippen molar-refractivity contribution >= 4 is 28.7 Å². The molecular formula is C12H11ClN4O. The standard InChI is InChI=1S/C12H11ClN4O/c13-8-6-10-11(15-7-8)17(12(14)16-10)4-3-9-2-1-5-18-9/h1-2,5-7H,3-4H2,(H2,14,16). The van der Waals surface area contributed by atoms with Crippen LogP contribution in [-0.2, 0) is 13.0 Å². The van der Waals surface area contributed by atoms with Crippen LogP contribution >= 0.6 is 11.6 Å². The Hall–Kier alpha value is -2.01. The Balaban J connectivity index is 1.93. The predicted octanol–water partition coefficient (Wildman–Crippen LogP) is 2.50. The highest BCUT2D eigenvalue weighted by molar-refractivity contribution is 6.31. The van der Waals surface area contributed by atoms with Gasteiger partial charge in [-0.1, -0.05) is 11.6 Å². The van der Waals surface area contributed by atoms with E-state index in [1.807, 2.05) is 16.7 Å². The molecule has 0 aromatic carbocycles. The van der Waals surface area contributed by atoms with Crippen molar-refractivity contribution in [3.05, 3.63) is 41.4 Å². The maximum absolute atomic E-state index is 5.88. The summed E-state index contributed by atoms with van der Waals surface area (Å²) in [6.07, 6.45) is 3.99. The lowest BCUT2D eigenvalue weighted by atomic mass is 10.3. The van der Waals surface area contributed by atoms with Gasteiger partial charge in [0.25, 0.3) is 0 Å². The minimum absolute atomic E-state index is 0.436. The van der Waals surface area contributed by atoms with Gasteiger partial charge in [0.05, 0.1) is 11.3 Å². The van der Waals surface area contributed by atoms with Crippen LogP contribution in [0.3, 0.4) is 0 Å². The molecule has 0 spiro atoms. The molecule has 6 heteroatoms. The fourth-order valence-corrected chi connectivity index (χ4v) is 2.05. The molecule has 0 atom stereocenters. The summed E-state index contributed by atoms with van der Waals surface area (Å²) in [5.41, 5.74) is 7.33. The number of fused-ring (bicyclic) bond motifs is 1. The summed E-state index contributed by atoms with van der Waals surface area (Å²) in [6, 6.07) is 5.55. The number of nitrogens with two attached hydrogens (primary N) is 1. The molecule has 0 unspecified atom stereocenters. The van der Waals surface area contributed by atoms with Crippen LogP contribution in [0.15, 0.2) is 35.1 Å². The van der Waals surface area contributed by atoms with Gasteiger partial charge in [-0.2, -0.15) is 0 Å². The van der Waals surface area contributed by atoms with E-state index in [-0.39, 0.29) is 0 Å². The van der Waals surface area contributed by atoms with Crippen molar-refractivity contribution in [2.75, 3.05) is 5.73 Å². The Labute approximate surface area is 108 Å². The van der Waals surface area contributed by atoms with E-state index in [0.29, 0.717) is 23.0 Å². The smallest absolute Gasteiger partial charge is 0.202 e. The van der Waals surface area contributed by atoms with E-state index in [4.69, 9.17) is 21.8 Å². The number of halogens is 1. The molecule has 0 bridgehead atoms. The average molecular weight is 263 g/mol. The summed E-state index contributed by atoms with van der Waals surface area (Å²) >= 11 is 5.87. The normalized spacial score (nSPS) is 11.2. The summed E-state index contributed by atoms with van der Waals surface area (Å²) < 4.78 is 7.14. The van der Waals surface area contributed by atoms with E-state index >= 15 is 0 Å². The lowest BCUT2D eigenvalue weighted by molar-refractivity contribution is 0.494. The largest absolute Gasteiger partial charge is 0.469 e. The predicted molar refractivity (Wildman–Crippen MR) is 69.4 cm³/mol. The molecule has 0 saturated heterocycles. The number of imidazole rings is 1. The molecule has 0 saturated carbocycles. The van der Waals surface area contributed by atoms with Crippen molar-refractivity contribution in [3.63, 3.8) is 0 Å². The van der Waals surface area contributed by atoms with Crippen LogP contribution in [0, 0.1) is 0 Å². The third-order valence-electron chi connectivity index (χ3n) is 2.74. The topological polar surface area (TPSA) is 69.9 Å². The lowest BCUT2D eigenvalue weighted by Crippen LogP contribution is -2.06.